The number of benzene rings is 1. The van der Waals surface area contributed by atoms with Crippen molar-refractivity contribution in [2.45, 2.75) is 20.4 Å². The zero-order chi connectivity index (χ0) is 13.7. The quantitative estimate of drug-likeness (QED) is 0.826. The zero-order valence-corrected chi connectivity index (χ0v) is 11.6. The molecule has 0 unspecified atom stereocenters. The zero-order valence-electron chi connectivity index (χ0n) is 10.8. The average Bonchev–Trinajstić information content (AvgIpc) is 2.26. The molecule has 0 fully saturated rings. The Bertz CT molecular complexity index is 421. The number of halogens is 1. The van der Waals surface area contributed by atoms with Crippen LogP contribution in [0.25, 0.3) is 0 Å². The predicted octanol–water partition coefficient (Wildman–Crippen LogP) is 1.75. The molecule has 0 aliphatic heterocycles. The molecular weight excluding hydrogens is 250 g/mol. The molecule has 1 aromatic carbocycles. The van der Waals surface area contributed by atoms with Crippen LogP contribution in [0.15, 0.2) is 18.2 Å². The fourth-order valence-electron chi connectivity index (χ4n) is 1.94. The van der Waals surface area contributed by atoms with Crippen LogP contribution in [0.4, 0.5) is 5.69 Å². The van der Waals surface area contributed by atoms with E-state index in [1.165, 1.54) is 0 Å². The molecule has 4 N–H and O–H groups in total. The van der Waals surface area contributed by atoms with E-state index in [2.05, 4.69) is 13.8 Å². The lowest BCUT2D eigenvalue weighted by molar-refractivity contribution is -0.116. The van der Waals surface area contributed by atoms with Gasteiger partial charge in [0.05, 0.1) is 17.3 Å². The van der Waals surface area contributed by atoms with E-state index in [0.29, 0.717) is 24.0 Å². The molecule has 1 aromatic rings. The van der Waals surface area contributed by atoms with Gasteiger partial charge < -0.3 is 16.4 Å². The van der Waals surface area contributed by atoms with E-state index >= 15 is 0 Å². The molecule has 1 amide bonds. The molecule has 0 spiro atoms. The van der Waals surface area contributed by atoms with Crippen LogP contribution in [-0.2, 0) is 11.3 Å². The van der Waals surface area contributed by atoms with Crippen molar-refractivity contribution in [3.63, 3.8) is 0 Å². The van der Waals surface area contributed by atoms with Crippen molar-refractivity contribution in [2.75, 3.05) is 18.0 Å². The number of nitrogens with zero attached hydrogens (tertiary/aromatic N) is 1. The lowest BCUT2D eigenvalue weighted by atomic mass is 10.1. The smallest absolute Gasteiger partial charge is 0.236 e. The number of nitrogens with two attached hydrogens (primary N) is 2. The Morgan fingerprint density at radius 3 is 2.61 bits per heavy atom. The summed E-state index contributed by atoms with van der Waals surface area (Å²) in [5.74, 6) is 0.0183. The van der Waals surface area contributed by atoms with Gasteiger partial charge in [-0.3, -0.25) is 4.79 Å². The van der Waals surface area contributed by atoms with E-state index < -0.39 is 0 Å². The minimum absolute atomic E-state index is 0.148. The first-order valence-electron chi connectivity index (χ1n) is 5.96. The van der Waals surface area contributed by atoms with Crippen LogP contribution < -0.4 is 16.4 Å². The molecular formula is C13H20ClN3O. The van der Waals surface area contributed by atoms with Crippen molar-refractivity contribution in [3.05, 3.63) is 28.8 Å². The van der Waals surface area contributed by atoms with Gasteiger partial charge in [0.25, 0.3) is 0 Å². The minimum Gasteiger partial charge on any atom is -0.368 e. The van der Waals surface area contributed by atoms with Crippen LogP contribution in [0.2, 0.25) is 5.02 Å². The van der Waals surface area contributed by atoms with Crippen molar-refractivity contribution < 1.29 is 4.79 Å². The van der Waals surface area contributed by atoms with E-state index in [0.717, 1.165) is 11.3 Å². The van der Waals surface area contributed by atoms with Gasteiger partial charge in [-0.25, -0.2) is 0 Å². The van der Waals surface area contributed by atoms with Crippen LogP contribution in [0.3, 0.4) is 0 Å². The van der Waals surface area contributed by atoms with E-state index in [-0.39, 0.29) is 12.5 Å². The molecule has 0 bridgehead atoms. The molecule has 18 heavy (non-hydrogen) atoms. The third-order valence-corrected chi connectivity index (χ3v) is 2.84. The molecule has 1 rings (SSSR count). The first-order valence-corrected chi connectivity index (χ1v) is 6.34. The second kappa shape index (κ2) is 6.61. The fraction of sp³-hybridized carbons (Fsp3) is 0.462. The van der Waals surface area contributed by atoms with Crippen LogP contribution in [0.5, 0.6) is 0 Å². The van der Waals surface area contributed by atoms with Gasteiger partial charge in [-0.05, 0) is 17.5 Å². The molecule has 5 heteroatoms. The summed E-state index contributed by atoms with van der Waals surface area (Å²) in [5, 5.41) is 0.597. The maximum absolute atomic E-state index is 11.2. The van der Waals surface area contributed by atoms with Crippen LogP contribution >= 0.6 is 11.6 Å². The lowest BCUT2D eigenvalue weighted by Gasteiger charge is -2.28. The van der Waals surface area contributed by atoms with Crippen molar-refractivity contribution >= 4 is 23.2 Å². The molecule has 0 saturated carbocycles. The molecule has 0 heterocycles. The van der Waals surface area contributed by atoms with Crippen molar-refractivity contribution in [1.82, 2.24) is 0 Å². The molecule has 0 atom stereocenters. The first-order chi connectivity index (χ1) is 8.45. The van der Waals surface area contributed by atoms with E-state index in [9.17, 15) is 4.79 Å². The summed E-state index contributed by atoms with van der Waals surface area (Å²) >= 11 is 6.22. The number of anilines is 1. The number of primary amides is 1. The summed E-state index contributed by atoms with van der Waals surface area (Å²) in [6.07, 6.45) is 0. The minimum atomic E-state index is -0.376. The first kappa shape index (κ1) is 14.8. The maximum Gasteiger partial charge on any atom is 0.236 e. The van der Waals surface area contributed by atoms with Gasteiger partial charge in [0.1, 0.15) is 0 Å². The summed E-state index contributed by atoms with van der Waals surface area (Å²) in [6.45, 7) is 5.39. The molecule has 0 aliphatic rings. The second-order valence-electron chi connectivity index (χ2n) is 4.69. The summed E-state index contributed by atoms with van der Waals surface area (Å²) in [6, 6.07) is 5.56. The number of amides is 1. The Morgan fingerprint density at radius 2 is 2.11 bits per heavy atom. The fourth-order valence-corrected chi connectivity index (χ4v) is 2.26. The van der Waals surface area contributed by atoms with Gasteiger partial charge >= 0.3 is 0 Å². The summed E-state index contributed by atoms with van der Waals surface area (Å²) in [7, 11) is 0. The Hall–Kier alpha value is -1.26. The normalized spacial score (nSPS) is 10.7. The highest BCUT2D eigenvalue weighted by Crippen LogP contribution is 2.30. The Labute approximate surface area is 113 Å². The molecule has 0 saturated heterocycles. The maximum atomic E-state index is 11.2. The third kappa shape index (κ3) is 3.89. The van der Waals surface area contributed by atoms with Gasteiger partial charge in [0, 0.05) is 13.1 Å². The highest BCUT2D eigenvalue weighted by molar-refractivity contribution is 6.33. The Morgan fingerprint density at radius 1 is 1.44 bits per heavy atom. The number of hydrogen-bond donors (Lipinski definition) is 2. The summed E-state index contributed by atoms with van der Waals surface area (Å²) in [5.41, 5.74) is 12.7. The van der Waals surface area contributed by atoms with Crippen LogP contribution in [0, 0.1) is 5.92 Å². The highest BCUT2D eigenvalue weighted by atomic mass is 35.5. The number of rotatable bonds is 6. The van der Waals surface area contributed by atoms with Gasteiger partial charge in [-0.15, -0.1) is 0 Å². The van der Waals surface area contributed by atoms with Crippen LogP contribution in [0.1, 0.15) is 19.4 Å². The largest absolute Gasteiger partial charge is 0.368 e. The molecule has 4 nitrogen and oxygen atoms in total. The number of hydrogen-bond acceptors (Lipinski definition) is 3. The Balaban J connectivity index is 3.14. The van der Waals surface area contributed by atoms with E-state index in [1.54, 1.807) is 6.07 Å². The molecule has 100 valence electrons. The van der Waals surface area contributed by atoms with Crippen molar-refractivity contribution in [1.29, 1.82) is 0 Å². The van der Waals surface area contributed by atoms with E-state index in [1.807, 2.05) is 17.0 Å². The monoisotopic (exact) mass is 269 g/mol. The SMILES string of the molecule is CC(C)CN(CC(N)=O)c1c(Cl)cccc1CN. The standard InChI is InChI=1S/C13H20ClN3O/c1-9(2)7-17(8-12(16)18)13-10(6-15)4-3-5-11(13)14/h3-5,9H,6-8,15H2,1-2H3,(H2,16,18). The van der Waals surface area contributed by atoms with Gasteiger partial charge in [0.2, 0.25) is 5.91 Å². The third-order valence-electron chi connectivity index (χ3n) is 2.54. The lowest BCUT2D eigenvalue weighted by Crippen LogP contribution is -2.37. The molecule has 0 aliphatic carbocycles. The molecule has 0 radical (unpaired) electrons. The summed E-state index contributed by atoms with van der Waals surface area (Å²) in [4.78, 5) is 13.1. The molecule has 0 aromatic heterocycles. The van der Waals surface area contributed by atoms with Crippen LogP contribution in [-0.4, -0.2) is 19.0 Å². The topological polar surface area (TPSA) is 72.3 Å². The van der Waals surface area contributed by atoms with E-state index in [4.69, 9.17) is 23.1 Å². The highest BCUT2D eigenvalue weighted by Gasteiger charge is 2.17. The number of carbonyl (C=O) groups excluding carboxylic acids is 1. The average molecular weight is 270 g/mol. The van der Waals surface area contributed by atoms with Gasteiger partial charge in [-0.1, -0.05) is 37.6 Å². The van der Waals surface area contributed by atoms with Gasteiger partial charge in [-0.2, -0.15) is 0 Å². The Kier molecular flexibility index (Phi) is 5.44. The number of carbonyl (C=O) groups is 1. The van der Waals surface area contributed by atoms with Crippen molar-refractivity contribution in [2.24, 2.45) is 17.4 Å². The number of para-hydroxylation sites is 1. The van der Waals surface area contributed by atoms with Gasteiger partial charge in [0.15, 0.2) is 0 Å². The summed E-state index contributed by atoms with van der Waals surface area (Å²) < 4.78 is 0. The predicted molar refractivity (Wildman–Crippen MR) is 75.6 cm³/mol. The van der Waals surface area contributed by atoms with Crippen molar-refractivity contribution in [3.8, 4) is 0 Å². The second-order valence-corrected chi connectivity index (χ2v) is 5.10.